The van der Waals surface area contributed by atoms with E-state index in [1.54, 1.807) is 11.3 Å². The molecule has 293 valence electrons. The average molecular weight is 996 g/mol. The molecular weight excluding hydrogens is 961 g/mol. The average Bonchev–Trinajstić information content (AvgIpc) is 4.09. The molecule has 4 aromatic heterocycles. The topological polar surface area (TPSA) is 43.6 Å². The minimum atomic E-state index is -0.163. The zero-order valence-corrected chi connectivity index (χ0v) is 37.2. The SMILES string of the molecule is CC1(C)c2ccccc2-c2cc3c4cc(-c5ccc(-c6cc[c-]c(-c7nc8ccccc8s7)c6)s5)ccc4n(-c4nc(-c5ccccc5)cc(-c5ccccc5)n4)c3cc21.[Ir]. The van der Waals surface area contributed by atoms with Crippen molar-refractivity contribution in [3.8, 4) is 71.0 Å². The van der Waals surface area contributed by atoms with Gasteiger partial charge in [0.2, 0.25) is 5.95 Å². The third-order valence-corrected chi connectivity index (χ3v) is 14.3. The van der Waals surface area contributed by atoms with E-state index in [1.165, 1.54) is 58.6 Å². The maximum absolute atomic E-state index is 5.35. The fourth-order valence-electron chi connectivity index (χ4n) is 9.01. The molecule has 0 saturated heterocycles. The number of hydrogen-bond donors (Lipinski definition) is 0. The van der Waals surface area contributed by atoms with E-state index in [1.807, 2.05) is 35.6 Å². The van der Waals surface area contributed by atoms with Gasteiger partial charge >= 0.3 is 0 Å². The summed E-state index contributed by atoms with van der Waals surface area (Å²) in [6, 6.07) is 66.2. The Morgan fingerprint density at radius 2 is 1.16 bits per heavy atom. The molecule has 0 spiro atoms. The van der Waals surface area contributed by atoms with Gasteiger partial charge in [0.05, 0.1) is 27.9 Å². The first kappa shape index (κ1) is 37.6. The van der Waals surface area contributed by atoms with Crippen molar-refractivity contribution >= 4 is 54.7 Å². The van der Waals surface area contributed by atoms with Gasteiger partial charge in [-0.15, -0.1) is 41.2 Å². The Hall–Kier alpha value is -6.34. The van der Waals surface area contributed by atoms with Crippen molar-refractivity contribution in [2.24, 2.45) is 0 Å². The molecule has 11 aromatic rings. The molecule has 4 heterocycles. The van der Waals surface area contributed by atoms with E-state index in [-0.39, 0.29) is 25.5 Å². The second-order valence-corrected chi connectivity index (χ2v) is 18.1. The van der Waals surface area contributed by atoms with E-state index in [0.717, 1.165) is 49.6 Å². The number of aromatic nitrogens is 4. The monoisotopic (exact) mass is 996 g/mol. The number of para-hydroxylation sites is 1. The van der Waals surface area contributed by atoms with Crippen molar-refractivity contribution < 1.29 is 20.1 Å². The van der Waals surface area contributed by atoms with E-state index in [9.17, 15) is 0 Å². The van der Waals surface area contributed by atoms with Crippen LogP contribution >= 0.6 is 22.7 Å². The van der Waals surface area contributed by atoms with E-state index in [0.29, 0.717) is 5.95 Å². The summed E-state index contributed by atoms with van der Waals surface area (Å²) in [5.41, 5.74) is 15.5. The van der Waals surface area contributed by atoms with Gasteiger partial charge in [0.15, 0.2) is 0 Å². The molecular formula is C54H35IrN4S2-. The van der Waals surface area contributed by atoms with E-state index >= 15 is 0 Å². The van der Waals surface area contributed by atoms with Gasteiger partial charge in [0.1, 0.15) is 0 Å². The third-order valence-electron chi connectivity index (χ3n) is 12.0. The van der Waals surface area contributed by atoms with Crippen LogP contribution in [0, 0.1) is 6.07 Å². The molecule has 0 aliphatic heterocycles. The Morgan fingerprint density at radius 1 is 0.508 bits per heavy atom. The largest absolute Gasteiger partial charge is 0.285 e. The summed E-state index contributed by atoms with van der Waals surface area (Å²) in [6.07, 6.45) is 0. The number of nitrogens with zero attached hydrogens (tertiary/aromatic N) is 4. The fraction of sp³-hybridized carbons (Fsp3) is 0.0556. The van der Waals surface area contributed by atoms with Gasteiger partial charge < -0.3 is 0 Å². The summed E-state index contributed by atoms with van der Waals surface area (Å²) < 4.78 is 3.47. The summed E-state index contributed by atoms with van der Waals surface area (Å²) >= 11 is 3.52. The van der Waals surface area contributed by atoms with Crippen LogP contribution in [0.5, 0.6) is 0 Å². The molecule has 0 saturated carbocycles. The van der Waals surface area contributed by atoms with E-state index < -0.39 is 0 Å². The third kappa shape index (κ3) is 6.23. The van der Waals surface area contributed by atoms with Crippen LogP contribution in [0.25, 0.3) is 103 Å². The summed E-state index contributed by atoms with van der Waals surface area (Å²) in [5.74, 6) is 0.652. The van der Waals surface area contributed by atoms with Crippen LogP contribution < -0.4 is 0 Å². The molecule has 7 aromatic carbocycles. The fourth-order valence-corrected chi connectivity index (χ4v) is 11.0. The van der Waals surface area contributed by atoms with Crippen LogP contribution in [0.2, 0.25) is 0 Å². The van der Waals surface area contributed by atoms with Crippen molar-refractivity contribution in [3.05, 3.63) is 193 Å². The molecule has 1 radical (unpaired) electrons. The predicted octanol–water partition coefficient (Wildman–Crippen LogP) is 14.7. The first-order valence-corrected chi connectivity index (χ1v) is 21.8. The Kier molecular flexibility index (Phi) is 9.06. The first-order chi connectivity index (χ1) is 29.5. The summed E-state index contributed by atoms with van der Waals surface area (Å²) in [6.45, 7) is 4.69. The molecule has 0 fully saturated rings. The molecule has 7 heteroatoms. The van der Waals surface area contributed by atoms with E-state index in [2.05, 4.69) is 176 Å². The Bertz CT molecular complexity index is 3380. The molecule has 1 aliphatic carbocycles. The summed E-state index contributed by atoms with van der Waals surface area (Å²) in [4.78, 5) is 18.0. The van der Waals surface area contributed by atoms with Crippen LogP contribution in [0.3, 0.4) is 0 Å². The minimum Gasteiger partial charge on any atom is -0.285 e. The summed E-state index contributed by atoms with van der Waals surface area (Å²) in [7, 11) is 0. The van der Waals surface area contributed by atoms with E-state index in [4.69, 9.17) is 15.0 Å². The normalized spacial score (nSPS) is 12.8. The molecule has 0 amide bonds. The number of thiazole rings is 1. The minimum absolute atomic E-state index is 0. The molecule has 0 N–H and O–H groups in total. The van der Waals surface area contributed by atoms with Crippen LogP contribution in [0.15, 0.2) is 176 Å². The van der Waals surface area contributed by atoms with Crippen molar-refractivity contribution in [3.63, 3.8) is 0 Å². The molecule has 0 bridgehead atoms. The second-order valence-electron chi connectivity index (χ2n) is 16.0. The van der Waals surface area contributed by atoms with Gasteiger partial charge in [-0.2, -0.15) is 11.3 Å². The van der Waals surface area contributed by atoms with Gasteiger partial charge in [-0.25, -0.2) is 9.97 Å². The molecule has 61 heavy (non-hydrogen) atoms. The molecule has 0 unspecified atom stereocenters. The number of rotatable bonds is 6. The molecule has 1 aliphatic rings. The maximum atomic E-state index is 5.35. The summed E-state index contributed by atoms with van der Waals surface area (Å²) in [5, 5.41) is 3.34. The molecule has 12 rings (SSSR count). The zero-order chi connectivity index (χ0) is 40.0. The number of fused-ring (bicyclic) bond motifs is 7. The Morgan fingerprint density at radius 3 is 1.90 bits per heavy atom. The zero-order valence-electron chi connectivity index (χ0n) is 33.2. The number of hydrogen-bond acceptors (Lipinski definition) is 5. The van der Waals surface area contributed by atoms with Gasteiger partial charge in [0.25, 0.3) is 0 Å². The van der Waals surface area contributed by atoms with Gasteiger partial charge in [-0.3, -0.25) is 9.55 Å². The standard InChI is InChI=1S/C54H35N4S2.Ir/c1-54(2)42-21-10-9-20-38(42)39-30-41-40-29-36(50-27-26-49(59-50)35-18-13-19-37(28-35)52-55-44-22-11-12-23-51(44)60-52)24-25-47(40)58(48(41)31-43(39)54)53-56-45(33-14-5-3-6-15-33)32-46(57-53)34-16-7-4-8-17-34;/h3-18,20-32H,1-2H3;/q-1;. The van der Waals surface area contributed by atoms with Gasteiger partial charge in [0, 0.05) is 66.9 Å². The van der Waals surface area contributed by atoms with Crippen LogP contribution in [0.4, 0.5) is 0 Å². The van der Waals surface area contributed by atoms with Crippen LogP contribution in [-0.2, 0) is 25.5 Å². The number of thiophene rings is 1. The van der Waals surface area contributed by atoms with Gasteiger partial charge in [-0.05, 0) is 82.4 Å². The Balaban J connectivity index is 0.00000420. The van der Waals surface area contributed by atoms with Crippen molar-refractivity contribution in [1.82, 2.24) is 19.5 Å². The predicted molar refractivity (Wildman–Crippen MR) is 251 cm³/mol. The van der Waals surface area contributed by atoms with Crippen molar-refractivity contribution in [2.75, 3.05) is 0 Å². The second kappa shape index (κ2) is 14.7. The van der Waals surface area contributed by atoms with Crippen LogP contribution in [-0.4, -0.2) is 19.5 Å². The van der Waals surface area contributed by atoms with Gasteiger partial charge in [-0.1, -0.05) is 123 Å². The maximum Gasteiger partial charge on any atom is 0.235 e. The quantitative estimate of drug-likeness (QED) is 0.156. The smallest absolute Gasteiger partial charge is 0.235 e. The molecule has 0 atom stereocenters. The molecule has 4 nitrogen and oxygen atoms in total. The van der Waals surface area contributed by atoms with Crippen molar-refractivity contribution in [2.45, 2.75) is 19.3 Å². The Labute approximate surface area is 375 Å². The van der Waals surface area contributed by atoms with Crippen molar-refractivity contribution in [1.29, 1.82) is 0 Å². The van der Waals surface area contributed by atoms with Crippen LogP contribution in [0.1, 0.15) is 25.0 Å². The number of benzene rings is 7. The first-order valence-electron chi connectivity index (χ1n) is 20.2.